The number of allylic oxidation sites excluding steroid dienone is 4. The first kappa shape index (κ1) is 10.2. The molecule has 0 N–H and O–H groups in total. The van der Waals surface area contributed by atoms with Crippen LogP contribution in [0.3, 0.4) is 0 Å². The van der Waals surface area contributed by atoms with Crippen LogP contribution in [0.5, 0.6) is 0 Å². The van der Waals surface area contributed by atoms with Gasteiger partial charge >= 0.3 is 79.0 Å². The van der Waals surface area contributed by atoms with Gasteiger partial charge in [-0.15, -0.1) is 0 Å². The van der Waals surface area contributed by atoms with Crippen molar-refractivity contribution in [3.63, 3.8) is 0 Å². The van der Waals surface area contributed by atoms with Gasteiger partial charge in [0.1, 0.15) is 0 Å². The van der Waals surface area contributed by atoms with E-state index in [4.69, 9.17) is 0 Å². The van der Waals surface area contributed by atoms with Crippen LogP contribution in [0, 0.1) is 0 Å². The van der Waals surface area contributed by atoms with Crippen molar-refractivity contribution in [2.75, 3.05) is 0 Å². The molecule has 1 aliphatic rings. The molecule has 0 amide bonds. The third-order valence-corrected chi connectivity index (χ3v) is 6.45. The van der Waals surface area contributed by atoms with E-state index in [9.17, 15) is 14.4 Å². The van der Waals surface area contributed by atoms with Crippen LogP contribution < -0.4 is 0 Å². The van der Waals surface area contributed by atoms with Gasteiger partial charge in [-0.25, -0.2) is 0 Å². The number of carbonyl (C=O) groups is 3. The molecule has 0 unspecified atom stereocenters. The van der Waals surface area contributed by atoms with Gasteiger partial charge in [0.15, 0.2) is 0 Å². The van der Waals surface area contributed by atoms with E-state index < -0.39 is 14.8 Å². The minimum absolute atomic E-state index is 0.571. The van der Waals surface area contributed by atoms with Crippen molar-refractivity contribution in [3.8, 4) is 0 Å². The van der Waals surface area contributed by atoms with E-state index in [1.807, 2.05) is 6.08 Å². The number of hydrogen-bond donors (Lipinski definition) is 0. The first-order chi connectivity index (χ1) is 6.29. The Morgan fingerprint density at radius 3 is 2.15 bits per heavy atom. The quantitative estimate of drug-likeness (QED) is 0.563. The van der Waals surface area contributed by atoms with E-state index in [1.54, 1.807) is 12.2 Å². The van der Waals surface area contributed by atoms with Crippen LogP contribution in [0.25, 0.3) is 0 Å². The van der Waals surface area contributed by atoms with Crippen LogP contribution in [-0.4, -0.2) is 14.6 Å². The Labute approximate surface area is 79.3 Å². The Bertz CT molecular complexity index is 269. The molecule has 4 heteroatoms. The van der Waals surface area contributed by atoms with Crippen LogP contribution in [0.4, 0.5) is 0 Å². The third kappa shape index (κ3) is 1.89. The zero-order chi connectivity index (χ0) is 9.73. The number of carbonyl (C=O) groups excluding carboxylic acids is 3. The molecule has 0 spiro atoms. The van der Waals surface area contributed by atoms with Gasteiger partial charge in [-0.2, -0.15) is 0 Å². The van der Waals surface area contributed by atoms with E-state index >= 15 is 0 Å². The Morgan fingerprint density at radius 2 is 1.77 bits per heavy atom. The first-order valence-electron chi connectivity index (χ1n) is 3.71. The fourth-order valence-electron chi connectivity index (χ4n) is 1.04. The molecule has 0 aromatic heterocycles. The molecular weight excluding hydrogens is 257 g/mol. The van der Waals surface area contributed by atoms with Gasteiger partial charge < -0.3 is 0 Å². The summed E-state index contributed by atoms with van der Waals surface area (Å²) in [7, 11) is 0. The van der Waals surface area contributed by atoms with Crippen LogP contribution in [0.15, 0.2) is 22.4 Å². The SMILES string of the molecule is O=[CH][Ru]([CH]=O)([CH]=O)[C]1=CC=CCC1. The van der Waals surface area contributed by atoms with Crippen LogP contribution >= 0.6 is 0 Å². The topological polar surface area (TPSA) is 51.2 Å². The Kier molecular flexibility index (Phi) is 3.43. The summed E-state index contributed by atoms with van der Waals surface area (Å²) in [6.45, 7) is 0. The third-order valence-electron chi connectivity index (χ3n) is 1.76. The van der Waals surface area contributed by atoms with Crippen LogP contribution in [-0.2, 0) is 29.2 Å². The van der Waals surface area contributed by atoms with Crippen molar-refractivity contribution in [2.24, 2.45) is 0 Å². The molecule has 13 heavy (non-hydrogen) atoms. The summed E-state index contributed by atoms with van der Waals surface area (Å²) in [6.07, 6.45) is 6.95. The fourth-order valence-corrected chi connectivity index (χ4v) is 3.79. The van der Waals surface area contributed by atoms with Crippen molar-refractivity contribution >= 4 is 14.6 Å². The maximum absolute atomic E-state index is 10.7. The Balaban J connectivity index is 3.05. The van der Waals surface area contributed by atoms with Crippen molar-refractivity contribution in [3.05, 3.63) is 22.4 Å². The molecule has 0 aromatic rings. The van der Waals surface area contributed by atoms with Crippen molar-refractivity contribution < 1.29 is 29.2 Å². The standard InChI is InChI=1S/C6H7.3CHO.Ru/c1-2-4-6-5-3-1;3*1-2;/h1-3H,4,6H2;3*1H;. The molecule has 0 saturated carbocycles. The van der Waals surface area contributed by atoms with Gasteiger partial charge in [0.2, 0.25) is 0 Å². The molecule has 0 fully saturated rings. The van der Waals surface area contributed by atoms with Crippen LogP contribution in [0.1, 0.15) is 12.8 Å². The van der Waals surface area contributed by atoms with Gasteiger partial charge in [-0.05, 0) is 0 Å². The second kappa shape index (κ2) is 4.38. The first-order valence-corrected chi connectivity index (χ1v) is 7.59. The average molecular weight is 267 g/mol. The molecule has 0 aliphatic heterocycles. The molecule has 0 bridgehead atoms. The summed E-state index contributed by atoms with van der Waals surface area (Å²) in [4.78, 5) is 33.9. The summed E-state index contributed by atoms with van der Waals surface area (Å²) in [6, 6.07) is 0. The van der Waals surface area contributed by atoms with Crippen molar-refractivity contribution in [1.29, 1.82) is 0 Å². The summed E-state index contributed by atoms with van der Waals surface area (Å²) in [5.74, 6) is 0. The molecule has 3 nitrogen and oxygen atoms in total. The molecule has 0 saturated heterocycles. The van der Waals surface area contributed by atoms with Crippen molar-refractivity contribution in [1.82, 2.24) is 0 Å². The van der Waals surface area contributed by atoms with E-state index in [0.29, 0.717) is 21.1 Å². The second-order valence-corrected chi connectivity index (χ2v) is 8.06. The number of hydrogen-bond acceptors (Lipinski definition) is 3. The second-order valence-electron chi connectivity index (χ2n) is 2.47. The van der Waals surface area contributed by atoms with E-state index in [2.05, 4.69) is 0 Å². The van der Waals surface area contributed by atoms with Gasteiger partial charge in [-0.3, -0.25) is 0 Å². The number of rotatable bonds is 4. The predicted molar refractivity (Wildman–Crippen MR) is 46.7 cm³/mol. The fraction of sp³-hybridized carbons (Fsp3) is 0.222. The van der Waals surface area contributed by atoms with Gasteiger partial charge in [-0.1, -0.05) is 0 Å². The molecule has 72 valence electrons. The molecule has 0 atom stereocenters. The zero-order valence-corrected chi connectivity index (χ0v) is 8.69. The molecule has 1 rings (SSSR count). The van der Waals surface area contributed by atoms with E-state index in [0.717, 1.165) is 10.6 Å². The molecular formula is C9H10O3Ru. The summed E-state index contributed by atoms with van der Waals surface area (Å²) < 4.78 is 0.749. The predicted octanol–water partition coefficient (Wildman–Crippen LogP) is 0.945. The summed E-state index contributed by atoms with van der Waals surface area (Å²) in [5.41, 5.74) is 0. The molecule has 0 radical (unpaired) electrons. The summed E-state index contributed by atoms with van der Waals surface area (Å²) >= 11 is -3.39. The molecule has 0 heterocycles. The average Bonchev–Trinajstić information content (AvgIpc) is 2.23. The monoisotopic (exact) mass is 268 g/mol. The van der Waals surface area contributed by atoms with Gasteiger partial charge in [0.25, 0.3) is 0 Å². The zero-order valence-electron chi connectivity index (χ0n) is 6.96. The summed E-state index contributed by atoms with van der Waals surface area (Å²) in [5, 5.41) is 0. The Hall–Kier alpha value is -0.887. The minimum atomic E-state index is -3.39. The normalized spacial score (nSPS) is 17.4. The molecule has 0 aromatic carbocycles. The molecule has 1 aliphatic carbocycles. The van der Waals surface area contributed by atoms with Crippen LogP contribution in [0.2, 0.25) is 0 Å². The Morgan fingerprint density at radius 1 is 1.15 bits per heavy atom. The van der Waals surface area contributed by atoms with Gasteiger partial charge in [0, 0.05) is 0 Å². The van der Waals surface area contributed by atoms with E-state index in [1.165, 1.54) is 0 Å². The van der Waals surface area contributed by atoms with Crippen molar-refractivity contribution in [2.45, 2.75) is 12.8 Å². The maximum atomic E-state index is 10.7. The van der Waals surface area contributed by atoms with E-state index in [-0.39, 0.29) is 0 Å². The van der Waals surface area contributed by atoms with Gasteiger partial charge in [0.05, 0.1) is 0 Å².